The summed E-state index contributed by atoms with van der Waals surface area (Å²) in [5, 5.41) is 4.97. The van der Waals surface area contributed by atoms with Crippen LogP contribution in [0.3, 0.4) is 0 Å². The maximum absolute atomic E-state index is 13.7. The van der Waals surface area contributed by atoms with Crippen LogP contribution in [-0.4, -0.2) is 44.4 Å². The van der Waals surface area contributed by atoms with E-state index in [0.29, 0.717) is 18.0 Å². The Bertz CT molecular complexity index is 1730. The highest BCUT2D eigenvalue weighted by atomic mass is 32.2. The Kier molecular flexibility index (Phi) is 10.5. The number of sulfonamides is 1. The Balaban J connectivity index is 1.06. The van der Waals surface area contributed by atoms with Gasteiger partial charge in [-0.15, -0.1) is 0 Å². The first-order valence-corrected chi connectivity index (χ1v) is 18.9. The molecule has 6 rings (SSSR count). The van der Waals surface area contributed by atoms with Crippen LogP contribution in [0.4, 0.5) is 0 Å². The third-order valence-electron chi connectivity index (χ3n) is 10.7. The normalized spacial score (nSPS) is 21.8. The minimum Gasteiger partial charge on any atom is -0.356 e. The van der Waals surface area contributed by atoms with Crippen LogP contribution in [0.25, 0.3) is 10.8 Å². The first-order chi connectivity index (χ1) is 22.7. The standard InChI is InChI=1S/C40H49N3O3S/c1-39(36-16-6-3-7-17-36,42-47(45,46)37-19-18-34-14-8-9-15-35(34)30-37)31-38(44)41-27-23-33-21-25-40(26-22-33,43-28-10-11-29-43)24-20-32-12-4-2-5-13-32/h2-9,12-19,30,33,42H,10-11,20-29,31H2,1H3,(H,41,44). The number of nitrogens with zero attached hydrogens (tertiary/aromatic N) is 1. The van der Waals surface area contributed by atoms with E-state index in [0.717, 1.165) is 29.2 Å². The van der Waals surface area contributed by atoms with Gasteiger partial charge in [-0.3, -0.25) is 9.69 Å². The minimum atomic E-state index is -3.92. The fourth-order valence-electron chi connectivity index (χ4n) is 7.93. The zero-order valence-corrected chi connectivity index (χ0v) is 28.5. The number of carbonyl (C=O) groups excluding carboxylic acids is 1. The van der Waals surface area contributed by atoms with Crippen LogP contribution >= 0.6 is 0 Å². The van der Waals surface area contributed by atoms with Crippen molar-refractivity contribution in [2.24, 2.45) is 5.92 Å². The molecule has 2 aliphatic rings. The molecule has 0 bridgehead atoms. The molecular formula is C40H49N3O3S. The van der Waals surface area contributed by atoms with E-state index in [4.69, 9.17) is 0 Å². The molecule has 1 amide bonds. The first kappa shape index (κ1) is 33.4. The molecule has 4 aromatic carbocycles. The molecule has 6 nitrogen and oxygen atoms in total. The summed E-state index contributed by atoms with van der Waals surface area (Å²) < 4.78 is 30.3. The molecule has 248 valence electrons. The van der Waals surface area contributed by atoms with E-state index in [1.807, 2.05) is 60.7 Å². The zero-order valence-electron chi connectivity index (χ0n) is 27.7. The molecule has 1 heterocycles. The third-order valence-corrected chi connectivity index (χ3v) is 12.3. The molecule has 2 N–H and O–H groups in total. The zero-order chi connectivity index (χ0) is 32.7. The van der Waals surface area contributed by atoms with Crippen LogP contribution in [0, 0.1) is 5.92 Å². The second kappa shape index (κ2) is 14.7. The summed E-state index contributed by atoms with van der Waals surface area (Å²) in [5.41, 5.74) is 1.36. The second-order valence-corrected chi connectivity index (χ2v) is 15.7. The van der Waals surface area contributed by atoms with Gasteiger partial charge in [0.25, 0.3) is 0 Å². The SMILES string of the molecule is CC(CC(=O)NCCC1CCC(CCc2ccccc2)(N2CCCC2)CC1)(NS(=O)(=O)c1ccc2ccccc2c1)c1ccccc1. The number of rotatable bonds is 13. The van der Waals surface area contributed by atoms with E-state index in [1.54, 1.807) is 19.1 Å². The van der Waals surface area contributed by atoms with Crippen molar-refractivity contribution in [2.45, 2.75) is 87.1 Å². The molecule has 7 heteroatoms. The summed E-state index contributed by atoms with van der Waals surface area (Å²) >= 11 is 0. The summed E-state index contributed by atoms with van der Waals surface area (Å²) in [7, 11) is -3.92. The summed E-state index contributed by atoms with van der Waals surface area (Å²) in [4.78, 5) is 16.4. The molecule has 0 radical (unpaired) electrons. The number of amides is 1. The van der Waals surface area contributed by atoms with Gasteiger partial charge in [-0.25, -0.2) is 13.1 Å². The van der Waals surface area contributed by atoms with Gasteiger partial charge in [-0.2, -0.15) is 0 Å². The van der Waals surface area contributed by atoms with Gasteiger partial charge in [0, 0.05) is 18.5 Å². The molecule has 47 heavy (non-hydrogen) atoms. The number of carbonyl (C=O) groups is 1. The van der Waals surface area contributed by atoms with E-state index in [2.05, 4.69) is 45.3 Å². The highest BCUT2D eigenvalue weighted by Crippen LogP contribution is 2.42. The van der Waals surface area contributed by atoms with Gasteiger partial charge < -0.3 is 5.32 Å². The van der Waals surface area contributed by atoms with Crippen molar-refractivity contribution in [2.75, 3.05) is 19.6 Å². The highest BCUT2D eigenvalue weighted by molar-refractivity contribution is 7.89. The molecule has 1 saturated carbocycles. The Labute approximate surface area is 281 Å². The summed E-state index contributed by atoms with van der Waals surface area (Å²) in [6.07, 6.45) is 10.7. The largest absolute Gasteiger partial charge is 0.356 e. The lowest BCUT2D eigenvalue weighted by Gasteiger charge is -2.47. The highest BCUT2D eigenvalue weighted by Gasteiger charge is 2.41. The van der Waals surface area contributed by atoms with Crippen LogP contribution < -0.4 is 10.0 Å². The molecule has 1 unspecified atom stereocenters. The maximum atomic E-state index is 13.7. The van der Waals surface area contributed by atoms with Gasteiger partial charge in [0.1, 0.15) is 0 Å². The Morgan fingerprint density at radius 1 is 0.851 bits per heavy atom. The lowest BCUT2D eigenvalue weighted by Crippen LogP contribution is -2.50. The van der Waals surface area contributed by atoms with Crippen molar-refractivity contribution >= 4 is 26.7 Å². The van der Waals surface area contributed by atoms with Crippen LogP contribution in [0.2, 0.25) is 0 Å². The lowest BCUT2D eigenvalue weighted by atomic mass is 9.72. The van der Waals surface area contributed by atoms with Gasteiger partial charge in [-0.1, -0.05) is 91.0 Å². The number of hydrogen-bond donors (Lipinski definition) is 2. The molecular weight excluding hydrogens is 603 g/mol. The predicted octanol–water partition coefficient (Wildman–Crippen LogP) is 7.59. The number of benzene rings is 4. The van der Waals surface area contributed by atoms with Crippen molar-refractivity contribution in [3.05, 3.63) is 114 Å². The lowest BCUT2D eigenvalue weighted by molar-refractivity contribution is -0.122. The molecule has 1 aliphatic carbocycles. The van der Waals surface area contributed by atoms with Crippen LogP contribution in [0.5, 0.6) is 0 Å². The predicted molar refractivity (Wildman–Crippen MR) is 191 cm³/mol. The third kappa shape index (κ3) is 8.14. The van der Waals surface area contributed by atoms with Crippen LogP contribution in [-0.2, 0) is 26.8 Å². The smallest absolute Gasteiger partial charge is 0.241 e. The van der Waals surface area contributed by atoms with Crippen molar-refractivity contribution < 1.29 is 13.2 Å². The number of aryl methyl sites for hydroxylation is 1. The summed E-state index contributed by atoms with van der Waals surface area (Å²) in [6, 6.07) is 33.1. The molecule has 2 fully saturated rings. The van der Waals surface area contributed by atoms with Crippen LogP contribution in [0.1, 0.15) is 75.8 Å². The molecule has 1 atom stereocenters. The monoisotopic (exact) mass is 651 g/mol. The maximum Gasteiger partial charge on any atom is 0.241 e. The van der Waals surface area contributed by atoms with E-state index in [9.17, 15) is 13.2 Å². The van der Waals surface area contributed by atoms with Crippen LogP contribution in [0.15, 0.2) is 108 Å². The van der Waals surface area contributed by atoms with Gasteiger partial charge in [0.2, 0.25) is 15.9 Å². The van der Waals surface area contributed by atoms with Gasteiger partial charge in [0.05, 0.1) is 10.4 Å². The number of nitrogens with one attached hydrogen (secondary N) is 2. The van der Waals surface area contributed by atoms with E-state index >= 15 is 0 Å². The average Bonchev–Trinajstić information content (AvgIpc) is 3.65. The topological polar surface area (TPSA) is 78.5 Å². The van der Waals surface area contributed by atoms with Gasteiger partial charge in [-0.05, 0) is 118 Å². The van der Waals surface area contributed by atoms with Crippen molar-refractivity contribution in [1.82, 2.24) is 14.9 Å². The van der Waals surface area contributed by atoms with Gasteiger partial charge >= 0.3 is 0 Å². The first-order valence-electron chi connectivity index (χ1n) is 17.4. The average molecular weight is 652 g/mol. The summed E-state index contributed by atoms with van der Waals surface area (Å²) in [6.45, 7) is 4.85. The fraction of sp³-hybridized carbons (Fsp3) is 0.425. The Morgan fingerprint density at radius 2 is 1.49 bits per heavy atom. The van der Waals surface area contributed by atoms with Crippen molar-refractivity contribution in [3.8, 4) is 0 Å². The molecule has 4 aromatic rings. The molecule has 1 saturated heterocycles. The number of fused-ring (bicyclic) bond motifs is 1. The van der Waals surface area contributed by atoms with Gasteiger partial charge in [0.15, 0.2) is 0 Å². The quantitative estimate of drug-likeness (QED) is 0.156. The van der Waals surface area contributed by atoms with E-state index in [-0.39, 0.29) is 17.2 Å². The van der Waals surface area contributed by atoms with E-state index < -0.39 is 15.6 Å². The van der Waals surface area contributed by atoms with E-state index in [1.165, 1.54) is 63.6 Å². The van der Waals surface area contributed by atoms with Crippen molar-refractivity contribution in [1.29, 1.82) is 0 Å². The Hall–Kier alpha value is -3.52. The second-order valence-electron chi connectivity index (χ2n) is 14.0. The molecule has 1 aliphatic heterocycles. The molecule has 0 aromatic heterocycles. The molecule has 0 spiro atoms. The fourth-order valence-corrected chi connectivity index (χ4v) is 9.36. The number of hydrogen-bond acceptors (Lipinski definition) is 4. The summed E-state index contributed by atoms with van der Waals surface area (Å²) in [5.74, 6) is 0.442. The Morgan fingerprint density at radius 3 is 2.19 bits per heavy atom. The van der Waals surface area contributed by atoms with Crippen molar-refractivity contribution in [3.63, 3.8) is 0 Å². The number of likely N-dealkylation sites (tertiary alicyclic amines) is 1. The minimum absolute atomic E-state index is 0.00600.